The minimum atomic E-state index is -0.300. The standard InChI is InChI=1S/C11H11BrFNO/c1-2-14-4-3-7-5-10(13)9(12)6-8(7)11(14)15/h5-6H,2-4H2,1H3. The molecule has 1 aromatic rings. The number of hydrogen-bond acceptors (Lipinski definition) is 1. The summed E-state index contributed by atoms with van der Waals surface area (Å²) in [6, 6.07) is 3.03. The molecule has 1 heterocycles. The predicted molar refractivity (Wildman–Crippen MR) is 59.4 cm³/mol. The van der Waals surface area contributed by atoms with E-state index in [1.807, 2.05) is 6.92 Å². The minimum absolute atomic E-state index is 0.000509. The molecule has 1 aliphatic rings. The van der Waals surface area contributed by atoms with Crippen LogP contribution in [-0.4, -0.2) is 23.9 Å². The summed E-state index contributed by atoms with van der Waals surface area (Å²) in [5.74, 6) is -0.300. The summed E-state index contributed by atoms with van der Waals surface area (Å²) < 4.78 is 13.6. The van der Waals surface area contributed by atoms with Gasteiger partial charge in [-0.15, -0.1) is 0 Å². The molecule has 1 amide bonds. The number of halogens is 2. The molecule has 1 aliphatic heterocycles. The predicted octanol–water partition coefficient (Wildman–Crippen LogP) is 2.61. The third-order valence-electron chi connectivity index (χ3n) is 2.70. The zero-order chi connectivity index (χ0) is 11.0. The molecule has 2 rings (SSSR count). The molecule has 0 fully saturated rings. The summed E-state index contributed by atoms with van der Waals surface area (Å²) in [5.41, 5.74) is 1.43. The van der Waals surface area contributed by atoms with Crippen LogP contribution in [0.1, 0.15) is 22.8 Å². The van der Waals surface area contributed by atoms with Crippen LogP contribution in [0.5, 0.6) is 0 Å². The number of benzene rings is 1. The lowest BCUT2D eigenvalue weighted by Crippen LogP contribution is -2.37. The van der Waals surface area contributed by atoms with Crippen LogP contribution in [0.2, 0.25) is 0 Å². The summed E-state index contributed by atoms with van der Waals surface area (Å²) in [6.45, 7) is 3.33. The number of amides is 1. The van der Waals surface area contributed by atoms with Gasteiger partial charge in [-0.25, -0.2) is 4.39 Å². The molecular weight excluding hydrogens is 261 g/mol. The lowest BCUT2D eigenvalue weighted by Gasteiger charge is -2.27. The van der Waals surface area contributed by atoms with E-state index in [4.69, 9.17) is 0 Å². The molecule has 80 valence electrons. The number of carbonyl (C=O) groups is 1. The second kappa shape index (κ2) is 3.93. The fourth-order valence-corrected chi connectivity index (χ4v) is 2.17. The molecule has 0 aromatic heterocycles. The number of likely N-dealkylation sites (N-methyl/N-ethyl adjacent to an activating group) is 1. The lowest BCUT2D eigenvalue weighted by molar-refractivity contribution is 0.0749. The van der Waals surface area contributed by atoms with E-state index in [-0.39, 0.29) is 11.7 Å². The fraction of sp³-hybridized carbons (Fsp3) is 0.364. The van der Waals surface area contributed by atoms with Gasteiger partial charge in [-0.1, -0.05) is 0 Å². The fourth-order valence-electron chi connectivity index (χ4n) is 1.82. The minimum Gasteiger partial charge on any atom is -0.339 e. The van der Waals surface area contributed by atoms with Gasteiger partial charge < -0.3 is 4.90 Å². The summed E-state index contributed by atoms with van der Waals surface area (Å²) in [6.07, 6.45) is 0.735. The lowest BCUT2D eigenvalue weighted by atomic mass is 9.99. The van der Waals surface area contributed by atoms with Gasteiger partial charge in [-0.2, -0.15) is 0 Å². The highest BCUT2D eigenvalue weighted by atomic mass is 79.9. The monoisotopic (exact) mass is 271 g/mol. The molecule has 0 spiro atoms. The number of hydrogen-bond donors (Lipinski definition) is 0. The maximum Gasteiger partial charge on any atom is 0.254 e. The second-order valence-electron chi connectivity index (χ2n) is 3.56. The average Bonchev–Trinajstić information content (AvgIpc) is 2.22. The van der Waals surface area contributed by atoms with Crippen LogP contribution in [0.3, 0.4) is 0 Å². The van der Waals surface area contributed by atoms with Crippen molar-refractivity contribution in [2.24, 2.45) is 0 Å². The van der Waals surface area contributed by atoms with Crippen molar-refractivity contribution in [3.05, 3.63) is 33.5 Å². The van der Waals surface area contributed by atoms with Gasteiger partial charge in [-0.05, 0) is 47.0 Å². The van der Waals surface area contributed by atoms with Crippen molar-refractivity contribution in [3.63, 3.8) is 0 Å². The highest BCUT2D eigenvalue weighted by Gasteiger charge is 2.24. The van der Waals surface area contributed by atoms with Crippen molar-refractivity contribution < 1.29 is 9.18 Å². The number of nitrogens with zero attached hydrogens (tertiary/aromatic N) is 1. The van der Waals surface area contributed by atoms with Gasteiger partial charge in [0.15, 0.2) is 0 Å². The molecule has 0 unspecified atom stereocenters. The highest BCUT2D eigenvalue weighted by Crippen LogP contribution is 2.25. The van der Waals surface area contributed by atoms with E-state index in [1.54, 1.807) is 11.0 Å². The Balaban J connectivity index is 2.48. The van der Waals surface area contributed by atoms with Crippen molar-refractivity contribution >= 4 is 21.8 Å². The van der Waals surface area contributed by atoms with E-state index in [0.29, 0.717) is 23.1 Å². The van der Waals surface area contributed by atoms with Crippen LogP contribution in [0.4, 0.5) is 4.39 Å². The summed E-state index contributed by atoms with van der Waals surface area (Å²) in [7, 11) is 0. The molecule has 0 aliphatic carbocycles. The number of rotatable bonds is 1. The molecule has 2 nitrogen and oxygen atoms in total. The van der Waals surface area contributed by atoms with Crippen molar-refractivity contribution in [1.29, 1.82) is 0 Å². The Hall–Kier alpha value is -0.900. The molecule has 15 heavy (non-hydrogen) atoms. The van der Waals surface area contributed by atoms with Crippen LogP contribution in [0, 0.1) is 5.82 Å². The quantitative estimate of drug-likeness (QED) is 0.769. The Morgan fingerprint density at radius 1 is 1.53 bits per heavy atom. The van der Waals surface area contributed by atoms with Crippen LogP contribution in [0.15, 0.2) is 16.6 Å². The molecule has 4 heteroatoms. The van der Waals surface area contributed by atoms with E-state index in [2.05, 4.69) is 15.9 Å². The van der Waals surface area contributed by atoms with Crippen molar-refractivity contribution in [3.8, 4) is 0 Å². The first-order chi connectivity index (χ1) is 7.13. The molecule has 0 bridgehead atoms. The summed E-state index contributed by atoms with van der Waals surface area (Å²) >= 11 is 3.10. The maximum absolute atomic E-state index is 13.2. The van der Waals surface area contributed by atoms with Gasteiger partial charge in [0.2, 0.25) is 0 Å². The first-order valence-corrected chi connectivity index (χ1v) is 5.70. The summed E-state index contributed by atoms with van der Waals surface area (Å²) in [5, 5.41) is 0. The molecule has 0 N–H and O–H groups in total. The van der Waals surface area contributed by atoms with Crippen LogP contribution in [0.25, 0.3) is 0 Å². The van der Waals surface area contributed by atoms with Crippen LogP contribution < -0.4 is 0 Å². The van der Waals surface area contributed by atoms with Crippen molar-refractivity contribution in [1.82, 2.24) is 4.90 Å². The molecule has 0 atom stereocenters. The van der Waals surface area contributed by atoms with Gasteiger partial charge in [0.05, 0.1) is 4.47 Å². The van der Waals surface area contributed by atoms with E-state index >= 15 is 0 Å². The Morgan fingerprint density at radius 3 is 2.93 bits per heavy atom. The van der Waals surface area contributed by atoms with Gasteiger partial charge in [0.1, 0.15) is 5.82 Å². The average molecular weight is 272 g/mol. The van der Waals surface area contributed by atoms with E-state index < -0.39 is 0 Å². The Kier molecular flexibility index (Phi) is 2.78. The third kappa shape index (κ3) is 1.78. The van der Waals surface area contributed by atoms with Gasteiger partial charge in [0.25, 0.3) is 5.91 Å². The van der Waals surface area contributed by atoms with Crippen LogP contribution >= 0.6 is 15.9 Å². The van der Waals surface area contributed by atoms with E-state index in [9.17, 15) is 9.18 Å². The Labute approximate surface area is 96.2 Å². The highest BCUT2D eigenvalue weighted by molar-refractivity contribution is 9.10. The first-order valence-electron chi connectivity index (χ1n) is 4.90. The van der Waals surface area contributed by atoms with E-state index in [1.165, 1.54) is 6.07 Å². The third-order valence-corrected chi connectivity index (χ3v) is 3.30. The molecule has 0 radical (unpaired) electrons. The molecule has 0 saturated carbocycles. The second-order valence-corrected chi connectivity index (χ2v) is 4.41. The maximum atomic E-state index is 13.2. The molecule has 1 aromatic carbocycles. The van der Waals surface area contributed by atoms with Crippen LogP contribution in [-0.2, 0) is 6.42 Å². The van der Waals surface area contributed by atoms with E-state index in [0.717, 1.165) is 12.0 Å². The zero-order valence-electron chi connectivity index (χ0n) is 8.39. The SMILES string of the molecule is CCN1CCc2cc(F)c(Br)cc2C1=O. The molecular formula is C11H11BrFNO. The van der Waals surface area contributed by atoms with Crippen molar-refractivity contribution in [2.75, 3.05) is 13.1 Å². The first kappa shape index (κ1) is 10.6. The number of fused-ring (bicyclic) bond motifs is 1. The van der Waals surface area contributed by atoms with Crippen molar-refractivity contribution in [2.45, 2.75) is 13.3 Å². The largest absolute Gasteiger partial charge is 0.339 e. The summed E-state index contributed by atoms with van der Waals surface area (Å²) in [4.78, 5) is 13.7. The number of carbonyl (C=O) groups excluding carboxylic acids is 1. The normalized spacial score (nSPS) is 15.4. The topological polar surface area (TPSA) is 20.3 Å². The van der Waals surface area contributed by atoms with Gasteiger partial charge in [-0.3, -0.25) is 4.79 Å². The smallest absolute Gasteiger partial charge is 0.254 e. The molecule has 0 saturated heterocycles. The van der Waals surface area contributed by atoms with Gasteiger partial charge in [0, 0.05) is 18.7 Å². The van der Waals surface area contributed by atoms with Gasteiger partial charge >= 0.3 is 0 Å². The Morgan fingerprint density at radius 2 is 2.27 bits per heavy atom. The Bertz CT molecular complexity index is 419. The zero-order valence-corrected chi connectivity index (χ0v) is 9.97.